The lowest BCUT2D eigenvalue weighted by Crippen LogP contribution is -2.43. The summed E-state index contributed by atoms with van der Waals surface area (Å²) in [7, 11) is 0. The number of benzene rings is 1. The Labute approximate surface area is 145 Å². The lowest BCUT2D eigenvalue weighted by molar-refractivity contribution is 0.0894. The van der Waals surface area contributed by atoms with E-state index in [4.69, 9.17) is 17.1 Å². The number of fused-ring (bicyclic) bond motifs is 1. The third-order valence-corrected chi connectivity index (χ3v) is 5.06. The van der Waals surface area contributed by atoms with Crippen molar-refractivity contribution in [3.63, 3.8) is 0 Å². The summed E-state index contributed by atoms with van der Waals surface area (Å²) >= 11 is 5.99. The molecule has 2 N–H and O–H groups in total. The van der Waals surface area contributed by atoms with Crippen LogP contribution in [0.25, 0.3) is 21.3 Å². The molecule has 0 spiro atoms. The molecule has 1 aliphatic rings. The van der Waals surface area contributed by atoms with E-state index >= 15 is 0 Å². The van der Waals surface area contributed by atoms with E-state index in [-0.39, 0.29) is 11.9 Å². The van der Waals surface area contributed by atoms with Gasteiger partial charge in [0.05, 0.1) is 0 Å². The number of halogens is 1. The molecule has 0 unspecified atom stereocenters. The molecule has 3 rings (SSSR count). The largest absolute Gasteiger partial charge is 0.351 e. The molecule has 2 aromatic rings. The first-order valence-corrected chi connectivity index (χ1v) is 8.54. The normalized spacial score (nSPS) is 23.7. The molecule has 1 saturated carbocycles. The lowest BCUT2D eigenvalue weighted by atomic mass is 9.79. The molecular weight excluding hydrogens is 326 g/mol. The maximum atomic E-state index is 12.5. The van der Waals surface area contributed by atoms with Crippen LogP contribution in [-0.4, -0.2) is 23.5 Å². The fourth-order valence-corrected chi connectivity index (χ4v) is 3.69. The van der Waals surface area contributed by atoms with Gasteiger partial charge in [0.1, 0.15) is 5.69 Å². The van der Waals surface area contributed by atoms with Gasteiger partial charge in [0.15, 0.2) is 0 Å². The molecule has 126 valence electrons. The van der Waals surface area contributed by atoms with Crippen LogP contribution in [0.15, 0.2) is 29.4 Å². The van der Waals surface area contributed by atoms with Crippen LogP contribution in [0.5, 0.6) is 0 Å². The van der Waals surface area contributed by atoms with Gasteiger partial charge >= 0.3 is 0 Å². The smallest absolute Gasteiger partial charge is 0.267 e. The third kappa shape index (κ3) is 3.66. The molecule has 7 heteroatoms. The van der Waals surface area contributed by atoms with Crippen molar-refractivity contribution < 1.29 is 4.79 Å². The third-order valence-electron chi connectivity index (χ3n) is 4.82. The second-order valence-corrected chi connectivity index (χ2v) is 7.00. The van der Waals surface area contributed by atoms with Gasteiger partial charge < -0.3 is 10.3 Å². The van der Waals surface area contributed by atoms with E-state index in [0.717, 1.165) is 30.2 Å². The Morgan fingerprint density at radius 3 is 3.04 bits per heavy atom. The van der Waals surface area contributed by atoms with Crippen molar-refractivity contribution in [2.24, 2.45) is 17.0 Å². The highest BCUT2D eigenvalue weighted by Crippen LogP contribution is 2.30. The molecular formula is C17H20ClN5O. The summed E-state index contributed by atoms with van der Waals surface area (Å²) in [4.78, 5) is 18.5. The van der Waals surface area contributed by atoms with Gasteiger partial charge in [-0.2, -0.15) is 0 Å². The Hall–Kier alpha value is -2.17. The SMILES string of the molecule is C[C@@H]1C[C@@H](CN=[N+]=[N-])CC[C@@H]1NC(=O)c1cc2cc(Cl)ccc2[nH]1. The second-order valence-electron chi connectivity index (χ2n) is 6.56. The molecule has 0 saturated heterocycles. The maximum Gasteiger partial charge on any atom is 0.267 e. The topological polar surface area (TPSA) is 93.7 Å². The molecule has 1 aromatic heterocycles. The van der Waals surface area contributed by atoms with Gasteiger partial charge in [0.25, 0.3) is 5.91 Å². The summed E-state index contributed by atoms with van der Waals surface area (Å²) in [5.41, 5.74) is 9.88. The molecule has 6 nitrogen and oxygen atoms in total. The summed E-state index contributed by atoms with van der Waals surface area (Å²) in [5.74, 6) is 0.687. The number of nitrogens with one attached hydrogen (secondary N) is 2. The first-order valence-electron chi connectivity index (χ1n) is 8.17. The molecule has 24 heavy (non-hydrogen) atoms. The number of aromatic nitrogens is 1. The highest BCUT2D eigenvalue weighted by molar-refractivity contribution is 6.31. The predicted molar refractivity (Wildman–Crippen MR) is 95.1 cm³/mol. The number of hydrogen-bond acceptors (Lipinski definition) is 2. The minimum absolute atomic E-state index is 0.0901. The number of H-pyrrole nitrogens is 1. The quantitative estimate of drug-likeness (QED) is 0.470. The average Bonchev–Trinajstić information content (AvgIpc) is 2.98. The average molecular weight is 346 g/mol. The van der Waals surface area contributed by atoms with Crippen LogP contribution in [0.2, 0.25) is 5.02 Å². The van der Waals surface area contributed by atoms with Crippen LogP contribution in [0, 0.1) is 11.8 Å². The Kier molecular flexibility index (Phi) is 4.97. The number of hydrogen-bond donors (Lipinski definition) is 2. The van der Waals surface area contributed by atoms with Crippen molar-refractivity contribution in [2.45, 2.75) is 32.2 Å². The van der Waals surface area contributed by atoms with Crippen molar-refractivity contribution in [1.29, 1.82) is 0 Å². The number of carbonyl (C=O) groups is 1. The Morgan fingerprint density at radius 2 is 2.29 bits per heavy atom. The van der Waals surface area contributed by atoms with Crippen LogP contribution in [0.4, 0.5) is 0 Å². The Morgan fingerprint density at radius 1 is 1.46 bits per heavy atom. The Balaban J connectivity index is 1.64. The van der Waals surface area contributed by atoms with Gasteiger partial charge in [0.2, 0.25) is 0 Å². The van der Waals surface area contributed by atoms with E-state index < -0.39 is 0 Å². The maximum absolute atomic E-state index is 12.5. The van der Waals surface area contributed by atoms with Crippen molar-refractivity contribution in [3.8, 4) is 0 Å². The fraction of sp³-hybridized carbons (Fsp3) is 0.471. The van der Waals surface area contributed by atoms with Gasteiger partial charge in [0, 0.05) is 33.4 Å². The first-order chi connectivity index (χ1) is 11.6. The zero-order valence-corrected chi connectivity index (χ0v) is 14.3. The van der Waals surface area contributed by atoms with Crippen LogP contribution in [-0.2, 0) is 0 Å². The molecule has 1 amide bonds. The minimum atomic E-state index is -0.0901. The summed E-state index contributed by atoms with van der Waals surface area (Å²) in [6.45, 7) is 2.68. The summed E-state index contributed by atoms with van der Waals surface area (Å²) in [6.07, 6.45) is 2.84. The van der Waals surface area contributed by atoms with Gasteiger partial charge in [-0.05, 0) is 60.9 Å². The van der Waals surface area contributed by atoms with Crippen molar-refractivity contribution in [2.75, 3.05) is 6.54 Å². The number of aromatic amines is 1. The van der Waals surface area contributed by atoms with Gasteiger partial charge in [-0.25, -0.2) is 0 Å². The van der Waals surface area contributed by atoms with E-state index in [9.17, 15) is 4.79 Å². The van der Waals surface area contributed by atoms with E-state index in [1.54, 1.807) is 6.07 Å². The predicted octanol–water partition coefficient (Wildman–Crippen LogP) is 4.67. The van der Waals surface area contributed by atoms with Gasteiger partial charge in [-0.3, -0.25) is 4.79 Å². The molecule has 0 bridgehead atoms. The van der Waals surface area contributed by atoms with Crippen molar-refractivity contribution in [3.05, 3.63) is 45.4 Å². The van der Waals surface area contributed by atoms with Crippen LogP contribution in [0.3, 0.4) is 0 Å². The molecule has 3 atom stereocenters. The zero-order valence-electron chi connectivity index (χ0n) is 13.5. The van der Waals surface area contributed by atoms with Crippen molar-refractivity contribution in [1.82, 2.24) is 10.3 Å². The van der Waals surface area contributed by atoms with E-state index in [1.165, 1.54) is 0 Å². The summed E-state index contributed by atoms with van der Waals surface area (Å²) in [6, 6.07) is 7.49. The molecule has 1 fully saturated rings. The number of rotatable bonds is 4. The van der Waals surface area contributed by atoms with E-state index in [0.29, 0.717) is 29.1 Å². The van der Waals surface area contributed by atoms with Gasteiger partial charge in [-0.1, -0.05) is 23.6 Å². The Bertz CT molecular complexity index is 795. The van der Waals surface area contributed by atoms with Crippen LogP contribution in [0.1, 0.15) is 36.7 Å². The first kappa shape index (κ1) is 16.7. The highest BCUT2D eigenvalue weighted by Gasteiger charge is 2.28. The van der Waals surface area contributed by atoms with Crippen molar-refractivity contribution >= 4 is 28.4 Å². The fourth-order valence-electron chi connectivity index (χ4n) is 3.51. The second kappa shape index (κ2) is 7.16. The molecule has 0 radical (unpaired) electrons. The number of nitrogens with zero attached hydrogens (tertiary/aromatic N) is 3. The van der Waals surface area contributed by atoms with E-state index in [2.05, 4.69) is 27.3 Å². The lowest BCUT2D eigenvalue weighted by Gasteiger charge is -2.34. The molecule has 1 aliphatic carbocycles. The van der Waals surface area contributed by atoms with Crippen LogP contribution >= 0.6 is 11.6 Å². The monoisotopic (exact) mass is 345 g/mol. The summed E-state index contributed by atoms with van der Waals surface area (Å²) < 4.78 is 0. The highest BCUT2D eigenvalue weighted by atomic mass is 35.5. The van der Waals surface area contributed by atoms with Gasteiger partial charge in [-0.15, -0.1) is 0 Å². The standard InChI is InChI=1S/C17H20ClN5O/c1-10-6-11(9-20-23-19)2-4-14(10)22-17(24)16-8-12-7-13(18)3-5-15(12)21-16/h3,5,7-8,10-11,14,21H,2,4,6,9H2,1H3,(H,22,24)/t10-,11+,14+/m1/s1. The number of azide groups is 1. The van der Waals surface area contributed by atoms with E-state index in [1.807, 2.05) is 18.2 Å². The number of amides is 1. The molecule has 1 aromatic carbocycles. The van der Waals surface area contributed by atoms with Crippen LogP contribution < -0.4 is 5.32 Å². The minimum Gasteiger partial charge on any atom is -0.351 e. The summed E-state index contributed by atoms with van der Waals surface area (Å²) in [5, 5.41) is 8.39. The zero-order chi connectivity index (χ0) is 17.1. The molecule has 0 aliphatic heterocycles. The molecule has 1 heterocycles. The number of carbonyl (C=O) groups excluding carboxylic acids is 1.